The maximum absolute atomic E-state index is 13.1. The van der Waals surface area contributed by atoms with E-state index in [1.165, 1.54) is 30.2 Å². The molecular weight excluding hydrogens is 380 g/mol. The number of aryl methyl sites for hydroxylation is 2. The third kappa shape index (κ3) is 4.42. The molecule has 0 amide bonds. The highest BCUT2D eigenvalue weighted by atomic mass is 32.2. The molecule has 0 spiro atoms. The Bertz CT molecular complexity index is 996. The first-order valence-electron chi connectivity index (χ1n) is 8.85. The van der Waals surface area contributed by atoms with Gasteiger partial charge in [0.1, 0.15) is 10.1 Å². The quantitative estimate of drug-likeness (QED) is 0.341. The van der Waals surface area contributed by atoms with Gasteiger partial charge >= 0.3 is 5.97 Å². The highest BCUT2D eigenvalue weighted by Gasteiger charge is 2.20. The van der Waals surface area contributed by atoms with Gasteiger partial charge in [-0.3, -0.25) is 14.2 Å². The number of carbonyl (C=O) groups is 1. The predicted octanol–water partition coefficient (Wildman–Crippen LogP) is 3.92. The number of fused-ring (bicyclic) bond motifs is 1. The topological polar surface area (TPSA) is 61.2 Å². The maximum Gasteiger partial charge on any atom is 0.318 e. The summed E-state index contributed by atoms with van der Waals surface area (Å²) < 4.78 is 6.51. The number of benzene rings is 1. The van der Waals surface area contributed by atoms with E-state index in [-0.39, 0.29) is 11.5 Å². The van der Waals surface area contributed by atoms with Crippen LogP contribution in [0.2, 0.25) is 0 Å². The van der Waals surface area contributed by atoms with E-state index in [0.717, 1.165) is 28.1 Å². The monoisotopic (exact) mass is 402 g/mol. The molecule has 0 aliphatic rings. The molecule has 27 heavy (non-hydrogen) atoms. The molecule has 0 N–H and O–H groups in total. The molecule has 0 radical (unpaired) electrons. The second-order valence-corrected chi connectivity index (χ2v) is 8.58. The minimum atomic E-state index is -0.437. The molecule has 2 heterocycles. The van der Waals surface area contributed by atoms with Gasteiger partial charge in [0.05, 0.1) is 12.5 Å². The fourth-order valence-corrected chi connectivity index (χ4v) is 4.74. The molecule has 1 aromatic carbocycles. The lowest BCUT2D eigenvalue weighted by molar-refractivity contribution is -0.139. The van der Waals surface area contributed by atoms with Crippen molar-refractivity contribution in [2.75, 3.05) is 7.11 Å². The van der Waals surface area contributed by atoms with Gasteiger partial charge in [-0.05, 0) is 31.4 Å². The molecule has 0 aliphatic heterocycles. The number of nitrogens with zero attached hydrogens (tertiary/aromatic N) is 2. The summed E-state index contributed by atoms with van der Waals surface area (Å²) >= 11 is 2.80. The Hall–Kier alpha value is -2.12. The van der Waals surface area contributed by atoms with Crippen molar-refractivity contribution >= 4 is 39.3 Å². The molecule has 0 unspecified atom stereocenters. The standard InChI is InChI=1S/C20H22N2O3S2/c1-4-15-12-16-17(27-15)21-20(26-13(2)19(24)25-3)22(18(16)23)11-10-14-8-6-5-7-9-14/h5-9,12-13H,4,10-11H2,1-3H3/t13-/m1/s1. The molecule has 0 fully saturated rings. The molecule has 1 atom stereocenters. The normalized spacial score (nSPS) is 12.3. The third-order valence-electron chi connectivity index (χ3n) is 4.30. The fourth-order valence-electron chi connectivity index (χ4n) is 2.77. The van der Waals surface area contributed by atoms with Crippen molar-refractivity contribution in [3.63, 3.8) is 0 Å². The number of thiophene rings is 1. The van der Waals surface area contributed by atoms with E-state index >= 15 is 0 Å². The number of thioether (sulfide) groups is 1. The van der Waals surface area contributed by atoms with Gasteiger partial charge in [-0.15, -0.1) is 11.3 Å². The first-order valence-corrected chi connectivity index (χ1v) is 10.5. The van der Waals surface area contributed by atoms with Crippen LogP contribution in [0.15, 0.2) is 46.3 Å². The van der Waals surface area contributed by atoms with Crippen molar-refractivity contribution in [3.05, 3.63) is 57.2 Å². The molecule has 142 valence electrons. The van der Waals surface area contributed by atoms with Crippen molar-refractivity contribution in [2.24, 2.45) is 0 Å². The van der Waals surface area contributed by atoms with Crippen LogP contribution in [0.3, 0.4) is 0 Å². The number of ether oxygens (including phenoxy) is 1. The average molecular weight is 403 g/mol. The molecular formula is C20H22N2O3S2. The molecule has 5 nitrogen and oxygen atoms in total. The van der Waals surface area contributed by atoms with Crippen molar-refractivity contribution in [1.29, 1.82) is 0 Å². The third-order valence-corrected chi connectivity index (χ3v) is 6.54. The van der Waals surface area contributed by atoms with Crippen LogP contribution in [-0.4, -0.2) is 27.9 Å². The zero-order chi connectivity index (χ0) is 19.4. The lowest BCUT2D eigenvalue weighted by atomic mass is 10.1. The van der Waals surface area contributed by atoms with E-state index in [1.54, 1.807) is 11.5 Å². The number of rotatable bonds is 7. The molecule has 7 heteroatoms. The summed E-state index contributed by atoms with van der Waals surface area (Å²) in [4.78, 5) is 31.5. The largest absolute Gasteiger partial charge is 0.468 e. The number of methoxy groups -OCH3 is 1. The van der Waals surface area contributed by atoms with Crippen LogP contribution in [0.25, 0.3) is 10.2 Å². The zero-order valence-corrected chi connectivity index (χ0v) is 17.2. The Labute approximate surface area is 166 Å². The van der Waals surface area contributed by atoms with Crippen LogP contribution in [0.1, 0.15) is 24.3 Å². The van der Waals surface area contributed by atoms with Gasteiger partial charge in [0.2, 0.25) is 0 Å². The van der Waals surface area contributed by atoms with Gasteiger partial charge in [-0.25, -0.2) is 4.98 Å². The Morgan fingerprint density at radius 2 is 2.07 bits per heavy atom. The van der Waals surface area contributed by atoms with Crippen LogP contribution >= 0.6 is 23.1 Å². The Kier molecular flexibility index (Phi) is 6.34. The van der Waals surface area contributed by atoms with Crippen LogP contribution in [0.4, 0.5) is 0 Å². The van der Waals surface area contributed by atoms with Gasteiger partial charge in [-0.2, -0.15) is 0 Å². The molecule has 0 saturated carbocycles. The number of hydrogen-bond acceptors (Lipinski definition) is 6. The summed E-state index contributed by atoms with van der Waals surface area (Å²) in [7, 11) is 1.37. The predicted molar refractivity (Wildman–Crippen MR) is 111 cm³/mol. The first kappa shape index (κ1) is 19.6. The van der Waals surface area contributed by atoms with Gasteiger partial charge in [0.15, 0.2) is 5.16 Å². The van der Waals surface area contributed by atoms with E-state index in [0.29, 0.717) is 17.1 Å². The molecule has 3 aromatic rings. The van der Waals surface area contributed by atoms with E-state index in [2.05, 4.69) is 6.92 Å². The number of esters is 1. The van der Waals surface area contributed by atoms with Gasteiger partial charge in [0.25, 0.3) is 5.56 Å². The molecule has 0 bridgehead atoms. The number of carbonyl (C=O) groups excluding carboxylic acids is 1. The van der Waals surface area contributed by atoms with Gasteiger partial charge in [0, 0.05) is 11.4 Å². The second-order valence-electron chi connectivity index (χ2n) is 6.16. The van der Waals surface area contributed by atoms with E-state index in [4.69, 9.17) is 9.72 Å². The highest BCUT2D eigenvalue weighted by molar-refractivity contribution is 8.00. The Morgan fingerprint density at radius 1 is 1.33 bits per heavy atom. The summed E-state index contributed by atoms with van der Waals surface area (Å²) in [5.41, 5.74) is 1.10. The minimum Gasteiger partial charge on any atom is -0.468 e. The van der Waals surface area contributed by atoms with Crippen molar-refractivity contribution in [2.45, 2.75) is 43.6 Å². The minimum absolute atomic E-state index is 0.0496. The molecule has 3 rings (SSSR count). The van der Waals surface area contributed by atoms with Crippen LogP contribution in [0.5, 0.6) is 0 Å². The summed E-state index contributed by atoms with van der Waals surface area (Å²) in [5.74, 6) is -0.329. The smallest absolute Gasteiger partial charge is 0.318 e. The highest BCUT2D eigenvalue weighted by Crippen LogP contribution is 2.27. The SMILES string of the molecule is CCc1cc2c(=O)n(CCc3ccccc3)c(S[C@H](C)C(=O)OC)nc2s1. The van der Waals surface area contributed by atoms with Gasteiger partial charge < -0.3 is 4.74 Å². The summed E-state index contributed by atoms with van der Waals surface area (Å²) in [5, 5.41) is 0.777. The van der Waals surface area contributed by atoms with Gasteiger partial charge in [-0.1, -0.05) is 49.0 Å². The zero-order valence-electron chi connectivity index (χ0n) is 15.6. The second kappa shape index (κ2) is 8.71. The fraction of sp³-hybridized carbons (Fsp3) is 0.350. The van der Waals surface area contributed by atoms with Crippen LogP contribution in [-0.2, 0) is 28.9 Å². The Morgan fingerprint density at radius 3 is 2.74 bits per heavy atom. The van der Waals surface area contributed by atoms with Crippen molar-refractivity contribution < 1.29 is 9.53 Å². The molecule has 0 aliphatic carbocycles. The summed E-state index contributed by atoms with van der Waals surface area (Å²) in [6.07, 6.45) is 1.59. The number of hydrogen-bond donors (Lipinski definition) is 0. The maximum atomic E-state index is 13.1. The first-order chi connectivity index (χ1) is 13.0. The van der Waals surface area contributed by atoms with Crippen LogP contribution in [0, 0.1) is 0 Å². The van der Waals surface area contributed by atoms with Crippen molar-refractivity contribution in [3.8, 4) is 0 Å². The van der Waals surface area contributed by atoms with Crippen LogP contribution < -0.4 is 5.56 Å². The summed E-state index contributed by atoms with van der Waals surface area (Å²) in [6.45, 7) is 4.34. The van der Waals surface area contributed by atoms with E-state index in [1.807, 2.05) is 36.4 Å². The molecule has 0 saturated heterocycles. The van der Waals surface area contributed by atoms with E-state index in [9.17, 15) is 9.59 Å². The number of aromatic nitrogens is 2. The lowest BCUT2D eigenvalue weighted by Gasteiger charge is -2.14. The molecule has 2 aromatic heterocycles. The summed E-state index contributed by atoms with van der Waals surface area (Å²) in [6, 6.07) is 12.0. The lowest BCUT2D eigenvalue weighted by Crippen LogP contribution is -2.25. The van der Waals surface area contributed by atoms with E-state index < -0.39 is 5.25 Å². The van der Waals surface area contributed by atoms with Crippen molar-refractivity contribution in [1.82, 2.24) is 9.55 Å². The Balaban J connectivity index is 2.01. The average Bonchev–Trinajstić information content (AvgIpc) is 3.11.